The molecule has 108 valence electrons. The Bertz CT molecular complexity index is 652. The van der Waals surface area contributed by atoms with Gasteiger partial charge < -0.3 is 4.90 Å². The van der Waals surface area contributed by atoms with Gasteiger partial charge in [-0.2, -0.15) is 0 Å². The standard InChI is InChI=1S/C18H20N2O/c1-13-7-14(2)9-15(8-13)16-10-17(12-19-11-16)18(21)20-5-3-4-6-20/h7-12H,3-6H2,1-2H3. The van der Waals surface area contributed by atoms with Crippen molar-refractivity contribution in [1.29, 1.82) is 0 Å². The number of hydrogen-bond acceptors (Lipinski definition) is 2. The third-order valence-electron chi connectivity index (χ3n) is 3.93. The van der Waals surface area contributed by atoms with Crippen molar-refractivity contribution in [1.82, 2.24) is 9.88 Å². The highest BCUT2D eigenvalue weighted by Gasteiger charge is 2.20. The number of aromatic nitrogens is 1. The summed E-state index contributed by atoms with van der Waals surface area (Å²) >= 11 is 0. The summed E-state index contributed by atoms with van der Waals surface area (Å²) in [5, 5.41) is 0. The molecule has 0 radical (unpaired) electrons. The smallest absolute Gasteiger partial charge is 0.255 e. The lowest BCUT2D eigenvalue weighted by Gasteiger charge is -2.15. The highest BCUT2D eigenvalue weighted by Crippen LogP contribution is 2.23. The van der Waals surface area contributed by atoms with Gasteiger partial charge in [0.1, 0.15) is 0 Å². The zero-order chi connectivity index (χ0) is 14.8. The number of rotatable bonds is 2. The number of carbonyl (C=O) groups excluding carboxylic acids is 1. The molecule has 0 bridgehead atoms. The molecular formula is C18H20N2O. The monoisotopic (exact) mass is 280 g/mol. The Morgan fingerprint density at radius 2 is 1.62 bits per heavy atom. The number of likely N-dealkylation sites (tertiary alicyclic amines) is 1. The van der Waals surface area contributed by atoms with Crippen LogP contribution in [-0.4, -0.2) is 28.9 Å². The molecule has 3 heteroatoms. The maximum atomic E-state index is 12.5. The van der Waals surface area contributed by atoms with Crippen LogP contribution in [0.1, 0.15) is 34.3 Å². The maximum absolute atomic E-state index is 12.5. The van der Waals surface area contributed by atoms with Crippen molar-refractivity contribution < 1.29 is 4.79 Å². The predicted octanol–water partition coefficient (Wildman–Crippen LogP) is 3.60. The van der Waals surface area contributed by atoms with Gasteiger partial charge in [0.2, 0.25) is 0 Å². The van der Waals surface area contributed by atoms with Gasteiger partial charge in [0.25, 0.3) is 5.91 Å². The van der Waals surface area contributed by atoms with Gasteiger partial charge in [-0.1, -0.05) is 29.3 Å². The van der Waals surface area contributed by atoms with Crippen molar-refractivity contribution in [2.45, 2.75) is 26.7 Å². The third kappa shape index (κ3) is 2.97. The van der Waals surface area contributed by atoms with E-state index in [9.17, 15) is 4.79 Å². The van der Waals surface area contributed by atoms with Crippen LogP contribution in [0.25, 0.3) is 11.1 Å². The normalized spacial score (nSPS) is 14.5. The minimum Gasteiger partial charge on any atom is -0.339 e. The number of pyridine rings is 1. The van der Waals surface area contributed by atoms with Crippen molar-refractivity contribution in [3.05, 3.63) is 53.3 Å². The molecule has 1 aliphatic rings. The summed E-state index contributed by atoms with van der Waals surface area (Å²) in [5.74, 6) is 0.103. The SMILES string of the molecule is Cc1cc(C)cc(-c2cncc(C(=O)N3CCCC3)c2)c1. The summed E-state index contributed by atoms with van der Waals surface area (Å²) in [4.78, 5) is 18.6. The topological polar surface area (TPSA) is 33.2 Å². The van der Waals surface area contributed by atoms with E-state index < -0.39 is 0 Å². The largest absolute Gasteiger partial charge is 0.339 e. The van der Waals surface area contributed by atoms with E-state index in [1.165, 1.54) is 11.1 Å². The van der Waals surface area contributed by atoms with Gasteiger partial charge in [-0.05, 0) is 38.3 Å². The molecule has 0 N–H and O–H groups in total. The molecule has 1 aromatic heterocycles. The van der Waals surface area contributed by atoms with E-state index in [1.807, 2.05) is 17.2 Å². The molecule has 1 aromatic carbocycles. The minimum absolute atomic E-state index is 0.103. The van der Waals surface area contributed by atoms with E-state index in [0.717, 1.165) is 37.1 Å². The van der Waals surface area contributed by atoms with Crippen molar-refractivity contribution in [3.8, 4) is 11.1 Å². The van der Waals surface area contributed by atoms with Gasteiger partial charge in [0, 0.05) is 31.0 Å². The zero-order valence-electron chi connectivity index (χ0n) is 12.6. The second kappa shape index (κ2) is 5.68. The first-order chi connectivity index (χ1) is 10.1. The van der Waals surface area contributed by atoms with E-state index >= 15 is 0 Å². The third-order valence-corrected chi connectivity index (χ3v) is 3.93. The summed E-state index contributed by atoms with van der Waals surface area (Å²) in [6.07, 6.45) is 5.72. The summed E-state index contributed by atoms with van der Waals surface area (Å²) < 4.78 is 0. The molecule has 3 rings (SSSR count). The van der Waals surface area contributed by atoms with Crippen LogP contribution in [-0.2, 0) is 0 Å². The first-order valence-electron chi connectivity index (χ1n) is 7.46. The van der Waals surface area contributed by atoms with Crippen LogP contribution in [0.2, 0.25) is 0 Å². The van der Waals surface area contributed by atoms with Crippen molar-refractivity contribution in [2.24, 2.45) is 0 Å². The Morgan fingerprint density at radius 3 is 2.29 bits per heavy atom. The van der Waals surface area contributed by atoms with Crippen LogP contribution in [0.5, 0.6) is 0 Å². The molecule has 0 saturated carbocycles. The highest BCUT2D eigenvalue weighted by molar-refractivity contribution is 5.95. The number of aryl methyl sites for hydroxylation is 2. The fourth-order valence-electron chi connectivity index (χ4n) is 2.96. The molecule has 1 aliphatic heterocycles. The van der Waals surface area contributed by atoms with Gasteiger partial charge in [0.05, 0.1) is 5.56 Å². The Morgan fingerprint density at radius 1 is 0.952 bits per heavy atom. The lowest BCUT2D eigenvalue weighted by molar-refractivity contribution is 0.0792. The first-order valence-corrected chi connectivity index (χ1v) is 7.46. The summed E-state index contributed by atoms with van der Waals surface area (Å²) in [5.41, 5.74) is 5.26. The van der Waals surface area contributed by atoms with Crippen LogP contribution in [0, 0.1) is 13.8 Å². The van der Waals surface area contributed by atoms with E-state index in [-0.39, 0.29) is 5.91 Å². The molecule has 1 saturated heterocycles. The summed E-state index contributed by atoms with van der Waals surface area (Å²) in [6, 6.07) is 8.38. The average molecular weight is 280 g/mol. The zero-order valence-corrected chi connectivity index (χ0v) is 12.6. The average Bonchev–Trinajstić information content (AvgIpc) is 3.00. The Kier molecular flexibility index (Phi) is 3.74. The van der Waals surface area contributed by atoms with E-state index in [0.29, 0.717) is 5.56 Å². The summed E-state index contributed by atoms with van der Waals surface area (Å²) in [7, 11) is 0. The number of hydrogen-bond donors (Lipinski definition) is 0. The minimum atomic E-state index is 0.103. The van der Waals surface area contributed by atoms with Crippen LogP contribution in [0.15, 0.2) is 36.7 Å². The van der Waals surface area contributed by atoms with Gasteiger partial charge in [-0.3, -0.25) is 9.78 Å². The van der Waals surface area contributed by atoms with Crippen molar-refractivity contribution in [3.63, 3.8) is 0 Å². The van der Waals surface area contributed by atoms with E-state index in [1.54, 1.807) is 6.20 Å². The fraction of sp³-hybridized carbons (Fsp3) is 0.333. The van der Waals surface area contributed by atoms with Crippen LogP contribution < -0.4 is 0 Å². The molecule has 2 aromatic rings. The number of amides is 1. The molecule has 0 unspecified atom stereocenters. The second-order valence-corrected chi connectivity index (χ2v) is 5.84. The Hall–Kier alpha value is -2.16. The lowest BCUT2D eigenvalue weighted by Crippen LogP contribution is -2.27. The molecule has 1 amide bonds. The second-order valence-electron chi connectivity index (χ2n) is 5.84. The molecule has 0 atom stereocenters. The maximum Gasteiger partial charge on any atom is 0.255 e. The van der Waals surface area contributed by atoms with Gasteiger partial charge in [0.15, 0.2) is 0 Å². The van der Waals surface area contributed by atoms with E-state index in [4.69, 9.17) is 0 Å². The van der Waals surface area contributed by atoms with E-state index in [2.05, 4.69) is 37.0 Å². The molecule has 21 heavy (non-hydrogen) atoms. The molecule has 3 nitrogen and oxygen atoms in total. The molecule has 0 aliphatic carbocycles. The first kappa shape index (κ1) is 13.8. The van der Waals surface area contributed by atoms with Gasteiger partial charge in [-0.25, -0.2) is 0 Å². The van der Waals surface area contributed by atoms with Crippen LogP contribution >= 0.6 is 0 Å². The molecule has 0 spiro atoms. The van der Waals surface area contributed by atoms with Crippen molar-refractivity contribution in [2.75, 3.05) is 13.1 Å². The van der Waals surface area contributed by atoms with Crippen LogP contribution in [0.4, 0.5) is 0 Å². The quantitative estimate of drug-likeness (QED) is 0.842. The molecule has 2 heterocycles. The van der Waals surface area contributed by atoms with Crippen LogP contribution in [0.3, 0.4) is 0 Å². The predicted molar refractivity (Wildman–Crippen MR) is 84.3 cm³/mol. The molecular weight excluding hydrogens is 260 g/mol. The summed E-state index contributed by atoms with van der Waals surface area (Å²) in [6.45, 7) is 5.91. The number of nitrogens with zero attached hydrogens (tertiary/aromatic N) is 2. The number of benzene rings is 1. The van der Waals surface area contributed by atoms with Gasteiger partial charge >= 0.3 is 0 Å². The van der Waals surface area contributed by atoms with Crippen molar-refractivity contribution >= 4 is 5.91 Å². The molecule has 1 fully saturated rings. The Labute approximate surface area is 125 Å². The lowest BCUT2D eigenvalue weighted by atomic mass is 10.0. The Balaban J connectivity index is 1.94. The van der Waals surface area contributed by atoms with Gasteiger partial charge in [-0.15, -0.1) is 0 Å². The fourth-order valence-corrected chi connectivity index (χ4v) is 2.96. The highest BCUT2D eigenvalue weighted by atomic mass is 16.2. The number of carbonyl (C=O) groups is 1.